The van der Waals surface area contributed by atoms with Crippen molar-refractivity contribution in [2.45, 2.75) is 31.6 Å². The Hall–Kier alpha value is -1.43. The van der Waals surface area contributed by atoms with Crippen LogP contribution in [0.5, 0.6) is 0 Å². The Labute approximate surface area is 131 Å². The van der Waals surface area contributed by atoms with E-state index >= 15 is 0 Å². The highest BCUT2D eigenvalue weighted by molar-refractivity contribution is 6.33. The number of carbonyl (C=O) groups excluding carboxylic acids is 1. The van der Waals surface area contributed by atoms with Crippen LogP contribution in [0, 0.1) is 10.8 Å². The van der Waals surface area contributed by atoms with Crippen molar-refractivity contribution >= 4 is 23.3 Å². The first-order valence-electron chi connectivity index (χ1n) is 7.30. The van der Waals surface area contributed by atoms with E-state index in [2.05, 4.69) is 4.98 Å². The Morgan fingerprint density at radius 2 is 1.86 bits per heavy atom. The van der Waals surface area contributed by atoms with E-state index in [0.29, 0.717) is 10.8 Å². The summed E-state index contributed by atoms with van der Waals surface area (Å²) in [6.07, 6.45) is 3.28. The zero-order valence-corrected chi connectivity index (χ0v) is 12.7. The molecule has 2 spiro atoms. The molecular weight excluding hydrogens is 312 g/mol. The molecule has 4 rings (SSSR count). The van der Waals surface area contributed by atoms with E-state index in [1.165, 1.54) is 12.3 Å². The highest BCUT2D eigenvalue weighted by Crippen LogP contribution is 2.71. The number of primary amides is 1. The minimum atomic E-state index is -2.44. The standard InChI is InChI=1S/C15H16ClF2N3O/c16-10-1-9(11(19)22)2-20-12(10)21-7-14(8-21)3-13(4-14)5-15(17,18)6-13/h1-2H,3-8H2,(H2,19,22). The number of hydrogen-bond donors (Lipinski definition) is 1. The molecule has 3 fully saturated rings. The SMILES string of the molecule is NC(=O)c1cnc(N2CC3(C2)CC2(CC(F)(F)C2)C3)c(Cl)c1. The van der Waals surface area contributed by atoms with Gasteiger partial charge in [-0.1, -0.05) is 11.6 Å². The Balaban J connectivity index is 1.40. The molecule has 0 aromatic carbocycles. The van der Waals surface area contributed by atoms with Crippen LogP contribution in [0.25, 0.3) is 0 Å². The number of nitrogens with zero attached hydrogens (tertiary/aromatic N) is 2. The van der Waals surface area contributed by atoms with E-state index in [0.717, 1.165) is 25.9 Å². The first-order valence-corrected chi connectivity index (χ1v) is 7.68. The third kappa shape index (κ3) is 2.00. The van der Waals surface area contributed by atoms with Gasteiger partial charge in [-0.2, -0.15) is 0 Å². The molecule has 2 saturated carbocycles. The van der Waals surface area contributed by atoms with Crippen LogP contribution >= 0.6 is 11.6 Å². The molecule has 1 saturated heterocycles. The monoisotopic (exact) mass is 327 g/mol. The van der Waals surface area contributed by atoms with Crippen molar-refractivity contribution in [1.82, 2.24) is 4.98 Å². The largest absolute Gasteiger partial charge is 0.366 e. The Bertz CT molecular complexity index is 655. The quantitative estimate of drug-likeness (QED) is 0.908. The van der Waals surface area contributed by atoms with Gasteiger partial charge in [-0.15, -0.1) is 0 Å². The number of aromatic nitrogens is 1. The minimum absolute atomic E-state index is 0.0497. The molecule has 2 heterocycles. The Morgan fingerprint density at radius 3 is 2.36 bits per heavy atom. The lowest BCUT2D eigenvalue weighted by Gasteiger charge is -2.69. The van der Waals surface area contributed by atoms with Gasteiger partial charge < -0.3 is 10.6 Å². The number of halogens is 3. The van der Waals surface area contributed by atoms with Gasteiger partial charge in [-0.05, 0) is 24.3 Å². The van der Waals surface area contributed by atoms with E-state index in [4.69, 9.17) is 17.3 Å². The summed E-state index contributed by atoms with van der Waals surface area (Å²) < 4.78 is 26.1. The number of alkyl halides is 2. The molecule has 0 atom stereocenters. The van der Waals surface area contributed by atoms with Crippen molar-refractivity contribution in [2.24, 2.45) is 16.6 Å². The second-order valence-corrected chi connectivity index (χ2v) is 7.72. The number of pyridine rings is 1. The van der Waals surface area contributed by atoms with Gasteiger partial charge in [0.1, 0.15) is 5.82 Å². The lowest BCUT2D eigenvalue weighted by molar-refractivity contribution is -0.235. The summed E-state index contributed by atoms with van der Waals surface area (Å²) in [6.45, 7) is 1.59. The molecule has 1 aromatic heterocycles. The Kier molecular flexibility index (Phi) is 2.64. The van der Waals surface area contributed by atoms with Gasteiger partial charge in [0, 0.05) is 37.5 Å². The summed E-state index contributed by atoms with van der Waals surface area (Å²) in [5.74, 6) is -2.37. The normalized spacial score (nSPS) is 26.2. The van der Waals surface area contributed by atoms with Crippen molar-refractivity contribution in [3.8, 4) is 0 Å². The van der Waals surface area contributed by atoms with Gasteiger partial charge in [0.05, 0.1) is 10.6 Å². The second kappa shape index (κ2) is 4.10. The molecular formula is C15H16ClF2N3O. The first-order chi connectivity index (χ1) is 10.2. The molecule has 3 aliphatic rings. The van der Waals surface area contributed by atoms with E-state index in [-0.39, 0.29) is 29.2 Å². The molecule has 1 aliphatic heterocycles. The summed E-state index contributed by atoms with van der Waals surface area (Å²) in [7, 11) is 0. The number of amides is 1. The maximum Gasteiger partial charge on any atom is 0.250 e. The average molecular weight is 328 g/mol. The third-order valence-corrected chi connectivity index (χ3v) is 5.50. The third-order valence-electron chi connectivity index (χ3n) is 5.23. The van der Waals surface area contributed by atoms with Gasteiger partial charge in [0.25, 0.3) is 0 Å². The zero-order valence-electron chi connectivity index (χ0n) is 11.9. The van der Waals surface area contributed by atoms with E-state index in [1.54, 1.807) is 0 Å². The highest BCUT2D eigenvalue weighted by Gasteiger charge is 2.69. The average Bonchev–Trinajstić information content (AvgIpc) is 2.29. The van der Waals surface area contributed by atoms with Gasteiger partial charge in [-0.25, -0.2) is 13.8 Å². The maximum atomic E-state index is 13.1. The first kappa shape index (κ1) is 14.2. The minimum Gasteiger partial charge on any atom is -0.366 e. The Morgan fingerprint density at radius 1 is 1.23 bits per heavy atom. The van der Waals surface area contributed by atoms with Crippen LogP contribution < -0.4 is 10.6 Å². The van der Waals surface area contributed by atoms with Crippen LogP contribution in [0.15, 0.2) is 12.3 Å². The summed E-state index contributed by atoms with van der Waals surface area (Å²) in [6, 6.07) is 1.52. The number of carbonyl (C=O) groups is 1. The zero-order chi connectivity index (χ0) is 15.8. The van der Waals surface area contributed by atoms with Crippen LogP contribution in [0.2, 0.25) is 5.02 Å². The van der Waals surface area contributed by atoms with E-state index in [1.807, 2.05) is 4.90 Å². The van der Waals surface area contributed by atoms with Crippen molar-refractivity contribution < 1.29 is 13.6 Å². The molecule has 1 aromatic rings. The summed E-state index contributed by atoms with van der Waals surface area (Å²) in [5.41, 5.74) is 5.52. The topological polar surface area (TPSA) is 59.2 Å². The van der Waals surface area contributed by atoms with E-state index < -0.39 is 11.8 Å². The van der Waals surface area contributed by atoms with Gasteiger partial charge in [-0.3, -0.25) is 4.79 Å². The van der Waals surface area contributed by atoms with Crippen molar-refractivity contribution in [3.63, 3.8) is 0 Å². The molecule has 1 amide bonds. The second-order valence-electron chi connectivity index (χ2n) is 7.31. The van der Waals surface area contributed by atoms with Crippen LogP contribution in [0.4, 0.5) is 14.6 Å². The molecule has 2 aliphatic carbocycles. The molecule has 7 heteroatoms. The molecule has 22 heavy (non-hydrogen) atoms. The number of anilines is 1. The lowest BCUT2D eigenvalue weighted by Crippen LogP contribution is -2.69. The summed E-state index contributed by atoms with van der Waals surface area (Å²) in [5, 5.41) is 0.398. The maximum absolute atomic E-state index is 13.1. The van der Waals surface area contributed by atoms with Crippen molar-refractivity contribution in [2.75, 3.05) is 18.0 Å². The molecule has 118 valence electrons. The van der Waals surface area contributed by atoms with Crippen LogP contribution in [0.1, 0.15) is 36.0 Å². The van der Waals surface area contributed by atoms with Crippen LogP contribution in [0.3, 0.4) is 0 Å². The fraction of sp³-hybridized carbons (Fsp3) is 0.600. The molecule has 0 unspecified atom stereocenters. The van der Waals surface area contributed by atoms with Crippen LogP contribution in [-0.4, -0.2) is 29.9 Å². The number of nitrogens with two attached hydrogens (primary N) is 1. The summed E-state index contributed by atoms with van der Waals surface area (Å²) in [4.78, 5) is 17.3. The predicted octanol–water partition coefficient (Wildman–Crippen LogP) is 2.85. The molecule has 0 bridgehead atoms. The van der Waals surface area contributed by atoms with Crippen molar-refractivity contribution in [1.29, 1.82) is 0 Å². The molecule has 4 nitrogen and oxygen atoms in total. The smallest absolute Gasteiger partial charge is 0.250 e. The predicted molar refractivity (Wildman–Crippen MR) is 78.3 cm³/mol. The molecule has 2 N–H and O–H groups in total. The van der Waals surface area contributed by atoms with E-state index in [9.17, 15) is 13.6 Å². The van der Waals surface area contributed by atoms with Gasteiger partial charge in [0.15, 0.2) is 0 Å². The van der Waals surface area contributed by atoms with Gasteiger partial charge >= 0.3 is 0 Å². The lowest BCUT2D eigenvalue weighted by atomic mass is 9.42. The number of hydrogen-bond acceptors (Lipinski definition) is 3. The van der Waals surface area contributed by atoms with Crippen molar-refractivity contribution in [3.05, 3.63) is 22.8 Å². The highest BCUT2D eigenvalue weighted by atomic mass is 35.5. The number of rotatable bonds is 2. The fourth-order valence-electron chi connectivity index (χ4n) is 4.77. The summed E-state index contributed by atoms with van der Waals surface area (Å²) >= 11 is 6.16. The molecule has 0 radical (unpaired) electrons. The fourth-order valence-corrected chi connectivity index (χ4v) is 5.06. The van der Waals surface area contributed by atoms with Gasteiger partial charge in [0.2, 0.25) is 11.8 Å². The van der Waals surface area contributed by atoms with Crippen LogP contribution in [-0.2, 0) is 0 Å².